The van der Waals surface area contributed by atoms with E-state index in [0.29, 0.717) is 11.5 Å². The van der Waals surface area contributed by atoms with Gasteiger partial charge in [-0.15, -0.1) is 11.3 Å². The number of nitrogens with zero attached hydrogens (tertiary/aromatic N) is 2. The van der Waals surface area contributed by atoms with Crippen LogP contribution in [-0.4, -0.2) is 46.5 Å². The quantitative estimate of drug-likeness (QED) is 0.653. The summed E-state index contributed by atoms with van der Waals surface area (Å²) in [5.74, 6) is 0.881. The zero-order valence-electron chi connectivity index (χ0n) is 13.1. The minimum Gasteiger partial charge on any atom is -0.324 e. The van der Waals surface area contributed by atoms with Crippen molar-refractivity contribution in [3.8, 4) is 0 Å². The van der Waals surface area contributed by atoms with Gasteiger partial charge in [-0.05, 0) is 34.1 Å². The molecule has 0 radical (unpaired) electrons. The molecule has 3 nitrogen and oxygen atoms in total. The summed E-state index contributed by atoms with van der Waals surface area (Å²) < 4.78 is 1.06. The zero-order chi connectivity index (χ0) is 15.0. The summed E-state index contributed by atoms with van der Waals surface area (Å²) in [5, 5.41) is 0.338. The summed E-state index contributed by atoms with van der Waals surface area (Å²) in [6, 6.07) is 0. The third-order valence-electron chi connectivity index (χ3n) is 4.24. The average molecular weight is 316 g/mol. The Morgan fingerprint density at radius 1 is 1.30 bits per heavy atom. The van der Waals surface area contributed by atoms with Crippen LogP contribution >= 0.6 is 23.1 Å². The summed E-state index contributed by atoms with van der Waals surface area (Å²) >= 11 is 3.18. The molecular weight excluding hydrogens is 288 g/mol. The van der Waals surface area contributed by atoms with Gasteiger partial charge < -0.3 is 4.48 Å². The predicted molar refractivity (Wildman–Crippen MR) is 89.4 cm³/mol. The van der Waals surface area contributed by atoms with Crippen molar-refractivity contribution in [1.29, 1.82) is 0 Å². The van der Waals surface area contributed by atoms with Crippen molar-refractivity contribution in [3.05, 3.63) is 16.1 Å². The molecule has 1 aromatic heterocycles. The van der Waals surface area contributed by atoms with Crippen molar-refractivity contribution < 1.29 is 9.28 Å². The smallest absolute Gasteiger partial charge is 0.194 e. The second-order valence-corrected chi connectivity index (χ2v) is 7.19. The van der Waals surface area contributed by atoms with E-state index in [2.05, 4.69) is 25.8 Å². The minimum absolute atomic E-state index is 0.338. The van der Waals surface area contributed by atoms with Gasteiger partial charge in [0.25, 0.3) is 0 Å². The van der Waals surface area contributed by atoms with Gasteiger partial charge >= 0.3 is 0 Å². The number of thiazole rings is 1. The number of carbonyl (C=O) groups is 1. The average Bonchev–Trinajstić information content (AvgIpc) is 2.87. The SMILES string of the molecule is CC[N+](CC)(CC)CCC(=O)SCCc1scnc1C. The molecule has 0 saturated heterocycles. The first-order chi connectivity index (χ1) is 9.56. The Morgan fingerprint density at radius 3 is 2.45 bits per heavy atom. The van der Waals surface area contributed by atoms with Crippen LogP contribution in [0.1, 0.15) is 37.8 Å². The number of hydrogen-bond acceptors (Lipinski definition) is 4. The van der Waals surface area contributed by atoms with Gasteiger partial charge in [0, 0.05) is 10.6 Å². The molecule has 1 aromatic rings. The predicted octanol–water partition coefficient (Wildman–Crippen LogP) is 3.52. The van der Waals surface area contributed by atoms with E-state index in [9.17, 15) is 4.79 Å². The molecule has 0 bridgehead atoms. The summed E-state index contributed by atoms with van der Waals surface area (Å²) in [6.45, 7) is 13.0. The second kappa shape index (κ2) is 8.80. The van der Waals surface area contributed by atoms with Crippen LogP contribution in [0.4, 0.5) is 0 Å². The van der Waals surface area contributed by atoms with Crippen molar-refractivity contribution in [2.75, 3.05) is 31.9 Å². The number of aromatic nitrogens is 1. The standard InChI is InChI=1S/C15H27N2OS2/c1-5-17(6-2,7-3)10-8-15(18)19-11-9-14-13(4)16-12-20-14/h12H,5-11H2,1-4H3/q+1. The molecule has 0 spiro atoms. The molecule has 5 heteroatoms. The van der Waals surface area contributed by atoms with Gasteiger partial charge in [0.15, 0.2) is 5.12 Å². The minimum atomic E-state index is 0.338. The van der Waals surface area contributed by atoms with E-state index in [4.69, 9.17) is 0 Å². The molecule has 0 saturated carbocycles. The highest BCUT2D eigenvalue weighted by Crippen LogP contribution is 2.17. The summed E-state index contributed by atoms with van der Waals surface area (Å²) in [4.78, 5) is 17.5. The van der Waals surface area contributed by atoms with Crippen LogP contribution in [0, 0.1) is 6.92 Å². The van der Waals surface area contributed by atoms with Crippen molar-refractivity contribution in [3.63, 3.8) is 0 Å². The fourth-order valence-electron chi connectivity index (χ4n) is 2.37. The molecule has 0 fully saturated rings. The summed E-state index contributed by atoms with van der Waals surface area (Å²) in [5.41, 5.74) is 2.99. The van der Waals surface area contributed by atoms with Gasteiger partial charge in [0.05, 0.1) is 43.8 Å². The Morgan fingerprint density at radius 2 is 1.95 bits per heavy atom. The van der Waals surface area contributed by atoms with Gasteiger partial charge in [-0.1, -0.05) is 11.8 Å². The maximum atomic E-state index is 12.0. The first-order valence-corrected chi connectivity index (χ1v) is 9.33. The molecule has 0 amide bonds. The van der Waals surface area contributed by atoms with E-state index < -0.39 is 0 Å². The third-order valence-corrected chi connectivity index (χ3v) is 6.17. The number of aryl methyl sites for hydroxylation is 2. The van der Waals surface area contributed by atoms with Crippen molar-refractivity contribution in [2.24, 2.45) is 0 Å². The molecule has 0 aromatic carbocycles. The van der Waals surface area contributed by atoms with Crippen LogP contribution in [0.15, 0.2) is 5.51 Å². The van der Waals surface area contributed by atoms with Crippen LogP contribution in [0.2, 0.25) is 0 Å². The van der Waals surface area contributed by atoms with Gasteiger partial charge in [0.2, 0.25) is 0 Å². The number of rotatable bonds is 9. The van der Waals surface area contributed by atoms with Crippen molar-refractivity contribution >= 4 is 28.2 Å². The number of carbonyl (C=O) groups excluding carboxylic acids is 1. The fourth-order valence-corrected chi connectivity index (χ4v) is 4.05. The van der Waals surface area contributed by atoms with E-state index in [-0.39, 0.29) is 0 Å². The lowest BCUT2D eigenvalue weighted by Gasteiger charge is -2.35. The van der Waals surface area contributed by atoms with Crippen LogP contribution in [0.25, 0.3) is 0 Å². The summed E-state index contributed by atoms with van der Waals surface area (Å²) in [6.07, 6.45) is 1.66. The molecular formula is C15H27N2OS2+. The highest BCUT2D eigenvalue weighted by molar-refractivity contribution is 8.13. The molecule has 0 aliphatic rings. The highest BCUT2D eigenvalue weighted by Gasteiger charge is 2.21. The molecule has 0 atom stereocenters. The lowest BCUT2D eigenvalue weighted by atomic mass is 10.3. The lowest BCUT2D eigenvalue weighted by Crippen LogP contribution is -2.48. The molecule has 0 N–H and O–H groups in total. The first kappa shape index (κ1) is 17.7. The number of hydrogen-bond donors (Lipinski definition) is 0. The third kappa shape index (κ3) is 5.19. The van der Waals surface area contributed by atoms with Crippen LogP contribution in [0.3, 0.4) is 0 Å². The van der Waals surface area contributed by atoms with Gasteiger partial charge in [-0.2, -0.15) is 0 Å². The van der Waals surface area contributed by atoms with E-state index in [0.717, 1.165) is 48.5 Å². The normalized spacial score (nSPS) is 11.8. The first-order valence-electron chi connectivity index (χ1n) is 7.46. The van der Waals surface area contributed by atoms with Crippen LogP contribution < -0.4 is 0 Å². The largest absolute Gasteiger partial charge is 0.324 e. The Hall–Kier alpha value is -0.390. The molecule has 20 heavy (non-hydrogen) atoms. The van der Waals surface area contributed by atoms with Gasteiger partial charge in [-0.3, -0.25) is 4.79 Å². The van der Waals surface area contributed by atoms with E-state index in [1.807, 2.05) is 12.4 Å². The second-order valence-electron chi connectivity index (χ2n) is 5.10. The fraction of sp³-hybridized carbons (Fsp3) is 0.733. The molecule has 0 aliphatic heterocycles. The Labute approximate surface area is 131 Å². The van der Waals surface area contributed by atoms with Crippen LogP contribution in [0.5, 0.6) is 0 Å². The highest BCUT2D eigenvalue weighted by atomic mass is 32.2. The maximum absolute atomic E-state index is 12.0. The number of thioether (sulfide) groups is 1. The molecule has 1 heterocycles. The molecule has 1 rings (SSSR count). The van der Waals surface area contributed by atoms with Crippen molar-refractivity contribution in [2.45, 2.75) is 40.5 Å². The maximum Gasteiger partial charge on any atom is 0.194 e. The Balaban J connectivity index is 2.28. The van der Waals surface area contributed by atoms with Crippen molar-refractivity contribution in [1.82, 2.24) is 4.98 Å². The van der Waals surface area contributed by atoms with E-state index in [1.54, 1.807) is 11.3 Å². The van der Waals surface area contributed by atoms with E-state index >= 15 is 0 Å². The Kier molecular flexibility index (Phi) is 7.77. The zero-order valence-corrected chi connectivity index (χ0v) is 14.8. The Bertz CT molecular complexity index is 405. The lowest BCUT2D eigenvalue weighted by molar-refractivity contribution is -0.922. The number of quaternary nitrogens is 1. The molecule has 0 unspecified atom stereocenters. The van der Waals surface area contributed by atoms with Crippen LogP contribution in [-0.2, 0) is 11.2 Å². The topological polar surface area (TPSA) is 30.0 Å². The van der Waals surface area contributed by atoms with E-state index in [1.165, 1.54) is 16.6 Å². The summed E-state index contributed by atoms with van der Waals surface area (Å²) in [7, 11) is 0. The van der Waals surface area contributed by atoms with Gasteiger partial charge in [-0.25, -0.2) is 4.98 Å². The monoisotopic (exact) mass is 315 g/mol. The molecule has 114 valence electrons. The molecule has 0 aliphatic carbocycles. The van der Waals surface area contributed by atoms with Gasteiger partial charge in [0.1, 0.15) is 0 Å².